The Morgan fingerprint density at radius 3 is 3.00 bits per heavy atom. The molecule has 1 heterocycles. The zero-order valence-electron chi connectivity index (χ0n) is 12.2. The van der Waals surface area contributed by atoms with E-state index in [1.807, 2.05) is 24.3 Å². The van der Waals surface area contributed by atoms with Crippen molar-refractivity contribution in [1.29, 1.82) is 0 Å². The van der Waals surface area contributed by atoms with Gasteiger partial charge in [-0.1, -0.05) is 25.1 Å². The van der Waals surface area contributed by atoms with E-state index in [1.165, 1.54) is 0 Å². The number of amides is 1. The SMILES string of the molecule is CCNCc1ccccc1NC(=O)CCC1CCCO1. The van der Waals surface area contributed by atoms with Crippen LogP contribution in [0.2, 0.25) is 0 Å². The van der Waals surface area contributed by atoms with E-state index in [-0.39, 0.29) is 12.0 Å². The van der Waals surface area contributed by atoms with Gasteiger partial charge in [0.15, 0.2) is 0 Å². The van der Waals surface area contributed by atoms with E-state index < -0.39 is 0 Å². The van der Waals surface area contributed by atoms with E-state index in [4.69, 9.17) is 4.74 Å². The van der Waals surface area contributed by atoms with E-state index >= 15 is 0 Å². The van der Waals surface area contributed by atoms with Gasteiger partial charge in [-0.05, 0) is 37.4 Å². The first-order valence-electron chi connectivity index (χ1n) is 7.49. The van der Waals surface area contributed by atoms with E-state index in [1.54, 1.807) is 0 Å². The quantitative estimate of drug-likeness (QED) is 0.805. The molecule has 1 fully saturated rings. The first kappa shape index (κ1) is 15.0. The van der Waals surface area contributed by atoms with E-state index in [0.29, 0.717) is 6.42 Å². The number of ether oxygens (including phenoxy) is 1. The normalized spacial score (nSPS) is 18.1. The largest absolute Gasteiger partial charge is 0.378 e. The van der Waals surface area contributed by atoms with E-state index in [2.05, 4.69) is 17.6 Å². The Kier molecular flexibility index (Phi) is 6.02. The smallest absolute Gasteiger partial charge is 0.224 e. The van der Waals surface area contributed by atoms with Crippen LogP contribution in [0.15, 0.2) is 24.3 Å². The van der Waals surface area contributed by atoms with Crippen LogP contribution in [-0.4, -0.2) is 25.2 Å². The van der Waals surface area contributed by atoms with Gasteiger partial charge in [-0.15, -0.1) is 0 Å². The summed E-state index contributed by atoms with van der Waals surface area (Å²) in [6.07, 6.45) is 3.83. The lowest BCUT2D eigenvalue weighted by atomic mass is 10.1. The standard InChI is InChI=1S/C16H24N2O2/c1-2-17-12-13-6-3-4-8-15(13)18-16(19)10-9-14-7-5-11-20-14/h3-4,6,8,14,17H,2,5,7,9-12H2,1H3,(H,18,19). The molecule has 4 nitrogen and oxygen atoms in total. The predicted octanol–water partition coefficient (Wildman–Crippen LogP) is 2.69. The van der Waals surface area contributed by atoms with Crippen LogP contribution in [0.25, 0.3) is 0 Å². The summed E-state index contributed by atoms with van der Waals surface area (Å²) in [6, 6.07) is 7.94. The number of benzene rings is 1. The van der Waals surface area contributed by atoms with E-state index in [9.17, 15) is 4.79 Å². The van der Waals surface area contributed by atoms with Gasteiger partial charge in [-0.2, -0.15) is 0 Å². The van der Waals surface area contributed by atoms with Crippen molar-refractivity contribution >= 4 is 11.6 Å². The molecule has 0 aromatic heterocycles. The van der Waals surface area contributed by atoms with Crippen LogP contribution in [-0.2, 0) is 16.1 Å². The first-order valence-corrected chi connectivity index (χ1v) is 7.49. The zero-order valence-corrected chi connectivity index (χ0v) is 12.2. The number of anilines is 1. The van der Waals surface area contributed by atoms with Crippen LogP contribution in [0.5, 0.6) is 0 Å². The van der Waals surface area contributed by atoms with Crippen molar-refractivity contribution in [3.8, 4) is 0 Å². The third kappa shape index (κ3) is 4.62. The number of carbonyl (C=O) groups is 1. The highest BCUT2D eigenvalue weighted by molar-refractivity contribution is 5.91. The third-order valence-corrected chi connectivity index (χ3v) is 3.57. The maximum atomic E-state index is 12.0. The number of carbonyl (C=O) groups excluding carboxylic acids is 1. The lowest BCUT2D eigenvalue weighted by Gasteiger charge is -2.12. The Bertz CT molecular complexity index is 428. The highest BCUT2D eigenvalue weighted by atomic mass is 16.5. The number of rotatable bonds is 7. The second-order valence-electron chi connectivity index (χ2n) is 5.16. The molecule has 0 aliphatic carbocycles. The minimum atomic E-state index is 0.0736. The lowest BCUT2D eigenvalue weighted by Crippen LogP contribution is -2.18. The van der Waals surface area contributed by atoms with Crippen molar-refractivity contribution in [3.05, 3.63) is 29.8 Å². The molecule has 1 unspecified atom stereocenters. The van der Waals surface area contributed by atoms with Crippen LogP contribution in [0, 0.1) is 0 Å². The molecule has 0 radical (unpaired) electrons. The molecule has 2 rings (SSSR count). The summed E-state index contributed by atoms with van der Waals surface area (Å²) < 4.78 is 5.54. The van der Waals surface area contributed by atoms with Crippen LogP contribution in [0.1, 0.15) is 38.2 Å². The Morgan fingerprint density at radius 2 is 2.25 bits per heavy atom. The fourth-order valence-electron chi connectivity index (χ4n) is 2.43. The van der Waals surface area contributed by atoms with Crippen LogP contribution in [0.4, 0.5) is 5.69 Å². The Hall–Kier alpha value is -1.39. The summed E-state index contributed by atoms with van der Waals surface area (Å²) in [4.78, 5) is 12.0. The maximum Gasteiger partial charge on any atom is 0.224 e. The Morgan fingerprint density at radius 1 is 1.40 bits per heavy atom. The molecule has 1 aliphatic rings. The van der Waals surface area contributed by atoms with Crippen molar-refractivity contribution in [2.75, 3.05) is 18.5 Å². The van der Waals surface area contributed by atoms with Crippen LogP contribution < -0.4 is 10.6 Å². The van der Waals surface area contributed by atoms with Gasteiger partial charge in [-0.3, -0.25) is 4.79 Å². The highest BCUT2D eigenvalue weighted by Gasteiger charge is 2.16. The summed E-state index contributed by atoms with van der Waals surface area (Å²) in [5.74, 6) is 0.0736. The molecule has 0 saturated carbocycles. The van der Waals surface area contributed by atoms with E-state index in [0.717, 1.165) is 50.2 Å². The average Bonchev–Trinajstić information content (AvgIpc) is 2.97. The summed E-state index contributed by atoms with van der Waals surface area (Å²) in [6.45, 7) is 4.61. The van der Waals surface area contributed by atoms with Crippen LogP contribution >= 0.6 is 0 Å². The average molecular weight is 276 g/mol. The molecule has 1 aromatic carbocycles. The highest BCUT2D eigenvalue weighted by Crippen LogP contribution is 2.18. The summed E-state index contributed by atoms with van der Waals surface area (Å²) in [7, 11) is 0. The zero-order chi connectivity index (χ0) is 14.2. The summed E-state index contributed by atoms with van der Waals surface area (Å²) in [5, 5.41) is 6.29. The summed E-state index contributed by atoms with van der Waals surface area (Å²) in [5.41, 5.74) is 2.03. The van der Waals surface area contributed by atoms with Gasteiger partial charge < -0.3 is 15.4 Å². The van der Waals surface area contributed by atoms with Gasteiger partial charge in [0.05, 0.1) is 6.10 Å². The number of nitrogens with one attached hydrogen (secondary N) is 2. The Labute approximate surface area is 120 Å². The first-order chi connectivity index (χ1) is 9.79. The molecular weight excluding hydrogens is 252 g/mol. The number of para-hydroxylation sites is 1. The van der Waals surface area contributed by atoms with Gasteiger partial charge in [-0.25, -0.2) is 0 Å². The van der Waals surface area contributed by atoms with Crippen LogP contribution in [0.3, 0.4) is 0 Å². The van der Waals surface area contributed by atoms with Gasteiger partial charge in [0.2, 0.25) is 5.91 Å². The third-order valence-electron chi connectivity index (χ3n) is 3.57. The molecule has 20 heavy (non-hydrogen) atoms. The number of hydrogen-bond donors (Lipinski definition) is 2. The summed E-state index contributed by atoms with van der Waals surface area (Å²) >= 11 is 0. The predicted molar refractivity (Wildman–Crippen MR) is 80.7 cm³/mol. The molecule has 0 spiro atoms. The van der Waals surface area contributed by atoms with Crippen molar-refractivity contribution in [2.45, 2.75) is 45.3 Å². The molecule has 2 N–H and O–H groups in total. The fraction of sp³-hybridized carbons (Fsp3) is 0.562. The number of hydrogen-bond acceptors (Lipinski definition) is 3. The van der Waals surface area contributed by atoms with Gasteiger partial charge >= 0.3 is 0 Å². The topological polar surface area (TPSA) is 50.4 Å². The van der Waals surface area contributed by atoms with Gasteiger partial charge in [0, 0.05) is 25.3 Å². The molecular formula is C16H24N2O2. The molecule has 1 aromatic rings. The molecule has 110 valence electrons. The molecule has 1 saturated heterocycles. The van der Waals surface area contributed by atoms with Crippen molar-refractivity contribution in [2.24, 2.45) is 0 Å². The van der Waals surface area contributed by atoms with Gasteiger partial charge in [0.25, 0.3) is 0 Å². The second-order valence-corrected chi connectivity index (χ2v) is 5.16. The monoisotopic (exact) mass is 276 g/mol. The molecule has 1 aliphatic heterocycles. The van der Waals surface area contributed by atoms with Crippen molar-refractivity contribution in [3.63, 3.8) is 0 Å². The molecule has 4 heteroatoms. The Balaban J connectivity index is 1.83. The molecule has 1 atom stereocenters. The molecule has 0 bridgehead atoms. The van der Waals surface area contributed by atoms with Gasteiger partial charge in [0.1, 0.15) is 0 Å². The minimum absolute atomic E-state index is 0.0736. The minimum Gasteiger partial charge on any atom is -0.378 e. The maximum absolute atomic E-state index is 12.0. The van der Waals surface area contributed by atoms with Crippen molar-refractivity contribution in [1.82, 2.24) is 5.32 Å². The second kappa shape index (κ2) is 8.02. The lowest BCUT2D eigenvalue weighted by molar-refractivity contribution is -0.116. The van der Waals surface area contributed by atoms with Crippen molar-refractivity contribution < 1.29 is 9.53 Å². The molecule has 1 amide bonds. The fourth-order valence-corrected chi connectivity index (χ4v) is 2.43.